The average Bonchev–Trinajstić information content (AvgIpc) is 2.62. The molecule has 7 heteroatoms. The third-order valence-electron chi connectivity index (χ3n) is 1.89. The van der Waals surface area contributed by atoms with E-state index in [1.165, 1.54) is 0 Å². The molecule has 1 N–H and O–H groups in total. The van der Waals surface area contributed by atoms with Gasteiger partial charge in [0.1, 0.15) is 5.82 Å². The largest absolute Gasteiger partial charge is 0.367 e. The van der Waals surface area contributed by atoms with E-state index >= 15 is 0 Å². The minimum absolute atomic E-state index is 0.372. The van der Waals surface area contributed by atoms with E-state index in [2.05, 4.69) is 20.5 Å². The molecule has 0 aromatic carbocycles. The Morgan fingerprint density at radius 3 is 2.77 bits per heavy atom. The summed E-state index contributed by atoms with van der Waals surface area (Å²) in [6.07, 6.45) is 1.57. The number of nitrogens with zero attached hydrogens (tertiary/aromatic N) is 5. The maximum Gasteiger partial charge on any atom is 0.367 e. The molecule has 2 aromatic rings. The number of aromatic nitrogens is 6. The van der Waals surface area contributed by atoms with Crippen molar-refractivity contribution in [1.29, 1.82) is 0 Å². The third kappa shape index (κ3) is 1.05. The van der Waals surface area contributed by atoms with Crippen molar-refractivity contribution < 1.29 is 0 Å². The fourth-order valence-electron chi connectivity index (χ4n) is 1.03. The summed E-state index contributed by atoms with van der Waals surface area (Å²) in [6, 6.07) is 0. The quantitative estimate of drug-likeness (QED) is 0.610. The van der Waals surface area contributed by atoms with Gasteiger partial charge < -0.3 is 4.57 Å². The number of tetrazole rings is 1. The van der Waals surface area contributed by atoms with Crippen molar-refractivity contribution in [3.63, 3.8) is 0 Å². The molecule has 0 aliphatic rings. The first-order valence-electron chi connectivity index (χ1n) is 3.69. The maximum atomic E-state index is 11.1. The highest BCUT2D eigenvalue weighted by molar-refractivity contribution is 5.19. The fraction of sp³-hybridized carbons (Fsp3) is 0.333. The zero-order valence-electron chi connectivity index (χ0n) is 7.22. The lowest BCUT2D eigenvalue weighted by Crippen LogP contribution is -2.18. The number of rotatable bonds is 1. The predicted molar refractivity (Wildman–Crippen MR) is 43.5 cm³/mol. The first-order chi connectivity index (χ1) is 6.20. The number of aromatic amines is 1. The molecule has 0 aliphatic carbocycles. The molecule has 0 atom stereocenters. The molecule has 13 heavy (non-hydrogen) atoms. The van der Waals surface area contributed by atoms with Gasteiger partial charge in [-0.25, -0.2) is 14.9 Å². The van der Waals surface area contributed by atoms with Crippen LogP contribution in [0.25, 0.3) is 5.82 Å². The molecule has 68 valence electrons. The van der Waals surface area contributed by atoms with Crippen molar-refractivity contribution in [3.05, 3.63) is 22.5 Å². The molecule has 2 aromatic heterocycles. The van der Waals surface area contributed by atoms with Crippen molar-refractivity contribution in [1.82, 2.24) is 29.8 Å². The minimum atomic E-state index is -0.372. The molecule has 0 radical (unpaired) electrons. The SMILES string of the molecule is Cc1ncc(-n2nn[nH]c2=O)n1C. The summed E-state index contributed by atoms with van der Waals surface area (Å²) < 4.78 is 2.91. The van der Waals surface area contributed by atoms with E-state index in [9.17, 15) is 4.79 Å². The van der Waals surface area contributed by atoms with Gasteiger partial charge in [0, 0.05) is 7.05 Å². The van der Waals surface area contributed by atoms with Crippen LogP contribution in [-0.4, -0.2) is 29.8 Å². The van der Waals surface area contributed by atoms with Crippen LogP contribution in [-0.2, 0) is 7.05 Å². The van der Waals surface area contributed by atoms with Crippen molar-refractivity contribution in [2.45, 2.75) is 6.92 Å². The number of hydrogen-bond acceptors (Lipinski definition) is 4. The molecule has 0 unspecified atom stereocenters. The highest BCUT2D eigenvalue weighted by Gasteiger charge is 2.08. The number of nitrogens with one attached hydrogen (secondary N) is 1. The van der Waals surface area contributed by atoms with E-state index in [1.54, 1.807) is 17.8 Å². The highest BCUT2D eigenvalue weighted by atomic mass is 16.2. The Morgan fingerprint density at radius 2 is 2.31 bits per heavy atom. The predicted octanol–water partition coefficient (Wildman–Crippen LogP) is -1.00. The van der Waals surface area contributed by atoms with Gasteiger partial charge in [0.25, 0.3) is 0 Å². The molecule has 0 spiro atoms. The number of H-pyrrole nitrogens is 1. The van der Waals surface area contributed by atoms with Crippen molar-refractivity contribution in [3.8, 4) is 5.82 Å². The van der Waals surface area contributed by atoms with E-state index in [0.29, 0.717) is 5.82 Å². The number of imidazole rings is 1. The molecule has 0 saturated heterocycles. The maximum absolute atomic E-state index is 11.1. The van der Waals surface area contributed by atoms with Gasteiger partial charge in [-0.2, -0.15) is 0 Å². The normalized spacial score (nSPS) is 10.6. The van der Waals surface area contributed by atoms with Crippen LogP contribution in [0.3, 0.4) is 0 Å². The minimum Gasteiger partial charge on any atom is -0.316 e. The molecule has 2 heterocycles. The van der Waals surface area contributed by atoms with Crippen LogP contribution in [0.4, 0.5) is 0 Å². The van der Waals surface area contributed by atoms with Gasteiger partial charge in [0.2, 0.25) is 0 Å². The summed E-state index contributed by atoms with van der Waals surface area (Å²) in [6.45, 7) is 1.84. The smallest absolute Gasteiger partial charge is 0.316 e. The first kappa shape index (κ1) is 7.71. The van der Waals surface area contributed by atoms with E-state index in [4.69, 9.17) is 0 Å². The zero-order valence-corrected chi connectivity index (χ0v) is 7.22. The van der Waals surface area contributed by atoms with Crippen LogP contribution in [0, 0.1) is 6.92 Å². The van der Waals surface area contributed by atoms with E-state index in [-0.39, 0.29) is 5.69 Å². The summed E-state index contributed by atoms with van der Waals surface area (Å²) >= 11 is 0. The van der Waals surface area contributed by atoms with Gasteiger partial charge >= 0.3 is 5.69 Å². The Morgan fingerprint density at radius 1 is 1.54 bits per heavy atom. The lowest BCUT2D eigenvalue weighted by molar-refractivity contribution is 0.710. The average molecular weight is 180 g/mol. The van der Waals surface area contributed by atoms with Gasteiger partial charge in [0.05, 0.1) is 6.20 Å². The molecule has 0 amide bonds. The van der Waals surface area contributed by atoms with Crippen LogP contribution in [0.15, 0.2) is 11.0 Å². The molecular formula is C6H8N6O. The Hall–Kier alpha value is -1.92. The third-order valence-corrected chi connectivity index (χ3v) is 1.89. The monoisotopic (exact) mass is 180 g/mol. The van der Waals surface area contributed by atoms with Crippen molar-refractivity contribution in [2.24, 2.45) is 7.05 Å². The second-order valence-corrected chi connectivity index (χ2v) is 2.64. The number of aryl methyl sites for hydroxylation is 1. The topological polar surface area (TPSA) is 81.4 Å². The standard InChI is InChI=1S/C6H8N6O/c1-4-7-3-5(11(4)2)12-6(13)8-9-10-12/h3H,1-2H3,(H,8,10,13). The first-order valence-corrected chi connectivity index (χ1v) is 3.69. The van der Waals surface area contributed by atoms with E-state index < -0.39 is 0 Å². The van der Waals surface area contributed by atoms with Crippen LogP contribution in [0.1, 0.15) is 5.82 Å². The van der Waals surface area contributed by atoms with Gasteiger partial charge in [0.15, 0.2) is 5.82 Å². The molecule has 0 saturated carbocycles. The Kier molecular flexibility index (Phi) is 1.51. The van der Waals surface area contributed by atoms with Crippen molar-refractivity contribution in [2.75, 3.05) is 0 Å². The van der Waals surface area contributed by atoms with Crippen LogP contribution >= 0.6 is 0 Å². The lowest BCUT2D eigenvalue weighted by Gasteiger charge is -1.99. The van der Waals surface area contributed by atoms with Crippen LogP contribution < -0.4 is 5.69 Å². The second kappa shape index (κ2) is 2.54. The van der Waals surface area contributed by atoms with E-state index in [1.807, 2.05) is 6.92 Å². The molecule has 7 nitrogen and oxygen atoms in total. The molecule has 0 bridgehead atoms. The number of hydrogen-bond donors (Lipinski definition) is 1. The van der Waals surface area contributed by atoms with Crippen molar-refractivity contribution >= 4 is 0 Å². The summed E-state index contributed by atoms with van der Waals surface area (Å²) in [7, 11) is 1.80. The Balaban J connectivity index is 2.66. The molecule has 0 fully saturated rings. The van der Waals surface area contributed by atoms with Gasteiger partial charge in [-0.3, -0.25) is 0 Å². The van der Waals surface area contributed by atoms with Gasteiger partial charge in [-0.05, 0) is 17.4 Å². The Labute approximate surface area is 73.0 Å². The molecule has 2 rings (SSSR count). The van der Waals surface area contributed by atoms with Gasteiger partial charge in [-0.1, -0.05) is 0 Å². The second-order valence-electron chi connectivity index (χ2n) is 2.64. The summed E-state index contributed by atoms with van der Waals surface area (Å²) in [5.74, 6) is 1.40. The summed E-state index contributed by atoms with van der Waals surface area (Å²) in [5.41, 5.74) is -0.372. The van der Waals surface area contributed by atoms with Crippen LogP contribution in [0.5, 0.6) is 0 Å². The highest BCUT2D eigenvalue weighted by Crippen LogP contribution is 2.02. The van der Waals surface area contributed by atoms with Crippen LogP contribution in [0.2, 0.25) is 0 Å². The fourth-order valence-corrected chi connectivity index (χ4v) is 1.03. The van der Waals surface area contributed by atoms with Gasteiger partial charge in [-0.15, -0.1) is 4.68 Å². The Bertz CT molecular complexity index is 477. The zero-order chi connectivity index (χ0) is 9.42. The molecule has 0 aliphatic heterocycles. The summed E-state index contributed by atoms with van der Waals surface area (Å²) in [5, 5.41) is 9.19. The van der Waals surface area contributed by atoms with E-state index in [0.717, 1.165) is 10.5 Å². The summed E-state index contributed by atoms with van der Waals surface area (Å²) in [4.78, 5) is 15.2. The lowest BCUT2D eigenvalue weighted by atomic mass is 10.7. The molecular weight excluding hydrogens is 172 g/mol.